The van der Waals surface area contributed by atoms with Crippen LogP contribution in [0.2, 0.25) is 0 Å². The van der Waals surface area contributed by atoms with E-state index in [0.29, 0.717) is 43.7 Å². The molecular formula is C21H34O4. The predicted octanol–water partition coefficient (Wildman–Crippen LogP) is 4.17. The lowest BCUT2D eigenvalue weighted by atomic mass is 9.56. The summed E-state index contributed by atoms with van der Waals surface area (Å²) in [6, 6.07) is 0. The maximum Gasteiger partial charge on any atom is 0.146 e. The normalized spacial score (nSPS) is 39.3. The molecule has 5 atom stereocenters. The minimum Gasteiger partial charge on any atom is -0.494 e. The molecule has 25 heavy (non-hydrogen) atoms. The zero-order chi connectivity index (χ0) is 18.1. The van der Waals surface area contributed by atoms with Crippen molar-refractivity contribution in [2.24, 2.45) is 29.1 Å². The van der Waals surface area contributed by atoms with Gasteiger partial charge in [-0.1, -0.05) is 19.6 Å². The van der Waals surface area contributed by atoms with E-state index in [1.54, 1.807) is 7.11 Å². The molecule has 0 aromatic rings. The Morgan fingerprint density at radius 2 is 2.16 bits per heavy atom. The number of hydrogen-bond acceptors (Lipinski definition) is 4. The molecule has 3 aliphatic rings. The minimum absolute atomic E-state index is 0.0432. The third kappa shape index (κ3) is 3.67. The summed E-state index contributed by atoms with van der Waals surface area (Å²) in [6.07, 6.45) is 7.79. The molecule has 0 aromatic carbocycles. The number of methoxy groups -OCH3 is 1. The van der Waals surface area contributed by atoms with E-state index in [1.165, 1.54) is 19.3 Å². The highest BCUT2D eigenvalue weighted by Crippen LogP contribution is 2.58. The number of hydrogen-bond donors (Lipinski definition) is 0. The Bertz CT molecular complexity index is 512. The van der Waals surface area contributed by atoms with E-state index in [4.69, 9.17) is 18.9 Å². The highest BCUT2D eigenvalue weighted by atomic mass is 16.7. The molecule has 4 heteroatoms. The first-order valence-corrected chi connectivity index (χ1v) is 9.57. The molecule has 1 saturated carbocycles. The largest absolute Gasteiger partial charge is 0.494 e. The van der Waals surface area contributed by atoms with Gasteiger partial charge in [0.25, 0.3) is 0 Å². The highest BCUT2D eigenvalue weighted by molar-refractivity contribution is 5.16. The third-order valence-electron chi connectivity index (χ3n) is 6.78. The standard InChI is InChI=1S/C21H34O4/c1-6-9-24-19-10-15(12-23-14-22-5)21(4)8-7-18-16(11-21)17(19)13-25-20(18,2)3/h6,10,15-18H,1,7-9,11-14H2,2-5H3/t15-,16?,17-,18?,21+/m1/s1. The van der Waals surface area contributed by atoms with Crippen molar-refractivity contribution in [2.45, 2.75) is 45.6 Å². The smallest absolute Gasteiger partial charge is 0.146 e. The lowest BCUT2D eigenvalue weighted by Crippen LogP contribution is -2.52. The summed E-state index contributed by atoms with van der Waals surface area (Å²) < 4.78 is 23.3. The number of ether oxygens (including phenoxy) is 4. The van der Waals surface area contributed by atoms with Gasteiger partial charge in [0.05, 0.1) is 24.6 Å². The van der Waals surface area contributed by atoms with Gasteiger partial charge >= 0.3 is 0 Å². The van der Waals surface area contributed by atoms with Crippen LogP contribution in [0.3, 0.4) is 0 Å². The molecule has 0 N–H and O–H groups in total. The molecule has 0 radical (unpaired) electrons. The van der Waals surface area contributed by atoms with Gasteiger partial charge in [0.15, 0.2) is 0 Å². The molecule has 1 aliphatic heterocycles. The van der Waals surface area contributed by atoms with Crippen LogP contribution >= 0.6 is 0 Å². The average Bonchev–Trinajstić information content (AvgIpc) is 2.66. The second kappa shape index (κ2) is 7.42. The van der Waals surface area contributed by atoms with Crippen molar-refractivity contribution in [1.29, 1.82) is 0 Å². The Morgan fingerprint density at radius 3 is 2.88 bits per heavy atom. The van der Waals surface area contributed by atoms with E-state index in [0.717, 1.165) is 12.4 Å². The summed E-state index contributed by atoms with van der Waals surface area (Å²) in [7, 11) is 1.67. The maximum absolute atomic E-state index is 6.30. The molecule has 0 amide bonds. The molecule has 1 saturated heterocycles. The first-order chi connectivity index (χ1) is 11.9. The fourth-order valence-electron chi connectivity index (χ4n) is 5.27. The van der Waals surface area contributed by atoms with Gasteiger partial charge in [-0.15, -0.1) is 0 Å². The van der Waals surface area contributed by atoms with Crippen LogP contribution in [-0.4, -0.2) is 39.3 Å². The van der Waals surface area contributed by atoms with Gasteiger partial charge in [-0.2, -0.15) is 0 Å². The van der Waals surface area contributed by atoms with Crippen LogP contribution in [0.4, 0.5) is 0 Å². The van der Waals surface area contributed by atoms with E-state index < -0.39 is 0 Å². The topological polar surface area (TPSA) is 36.9 Å². The molecular weight excluding hydrogens is 316 g/mol. The Kier molecular flexibility index (Phi) is 5.62. The van der Waals surface area contributed by atoms with Crippen LogP contribution in [0.15, 0.2) is 24.5 Å². The quantitative estimate of drug-likeness (QED) is 0.392. The fourth-order valence-corrected chi connectivity index (χ4v) is 5.27. The zero-order valence-electron chi connectivity index (χ0n) is 16.3. The van der Waals surface area contributed by atoms with Gasteiger partial charge in [0.1, 0.15) is 13.4 Å². The average molecular weight is 350 g/mol. The van der Waals surface area contributed by atoms with Crippen LogP contribution in [0, 0.1) is 29.1 Å². The van der Waals surface area contributed by atoms with Crippen molar-refractivity contribution in [3.05, 3.63) is 24.5 Å². The van der Waals surface area contributed by atoms with Crippen LogP contribution in [0.1, 0.15) is 40.0 Å². The van der Waals surface area contributed by atoms with Crippen LogP contribution in [0.25, 0.3) is 0 Å². The summed E-state index contributed by atoms with van der Waals surface area (Å²) in [5.74, 6) is 2.99. The first-order valence-electron chi connectivity index (χ1n) is 9.57. The highest BCUT2D eigenvalue weighted by Gasteiger charge is 2.54. The summed E-state index contributed by atoms with van der Waals surface area (Å²) in [4.78, 5) is 0. The molecule has 2 aliphatic carbocycles. The van der Waals surface area contributed by atoms with Gasteiger partial charge in [0.2, 0.25) is 0 Å². The molecule has 0 aromatic heterocycles. The van der Waals surface area contributed by atoms with Crippen LogP contribution in [-0.2, 0) is 18.9 Å². The summed E-state index contributed by atoms with van der Waals surface area (Å²) in [5, 5.41) is 0. The Balaban J connectivity index is 1.91. The molecule has 142 valence electrons. The third-order valence-corrected chi connectivity index (χ3v) is 6.78. The van der Waals surface area contributed by atoms with E-state index in [2.05, 4.69) is 33.4 Å². The zero-order valence-corrected chi connectivity index (χ0v) is 16.3. The number of rotatable bonds is 7. The molecule has 2 fully saturated rings. The van der Waals surface area contributed by atoms with Crippen molar-refractivity contribution in [3.8, 4) is 0 Å². The van der Waals surface area contributed by atoms with Gasteiger partial charge in [-0.3, -0.25) is 0 Å². The molecule has 2 unspecified atom stereocenters. The molecule has 3 rings (SSSR count). The fraction of sp³-hybridized carbons (Fsp3) is 0.810. The second-order valence-electron chi connectivity index (χ2n) is 8.74. The lowest BCUT2D eigenvalue weighted by molar-refractivity contribution is -0.172. The van der Waals surface area contributed by atoms with E-state index in [9.17, 15) is 0 Å². The summed E-state index contributed by atoms with van der Waals surface area (Å²) in [5.41, 5.74) is 0.207. The van der Waals surface area contributed by atoms with Crippen molar-refractivity contribution in [2.75, 3.05) is 33.7 Å². The first kappa shape index (κ1) is 18.9. The SMILES string of the molecule is C=CCOC1=C[C@H](COCOC)[C@@]2(C)CCC3C(C2)[C@H]1COC3(C)C. The maximum atomic E-state index is 6.30. The lowest BCUT2D eigenvalue weighted by Gasteiger charge is -2.54. The van der Waals surface area contributed by atoms with Gasteiger partial charge in [-0.05, 0) is 56.4 Å². The monoisotopic (exact) mass is 350 g/mol. The minimum atomic E-state index is -0.0432. The van der Waals surface area contributed by atoms with Crippen LogP contribution in [0.5, 0.6) is 0 Å². The van der Waals surface area contributed by atoms with Crippen LogP contribution < -0.4 is 0 Å². The van der Waals surface area contributed by atoms with Gasteiger partial charge in [0, 0.05) is 18.9 Å². The second-order valence-corrected chi connectivity index (χ2v) is 8.74. The number of fused-ring (bicyclic) bond motifs is 1. The van der Waals surface area contributed by atoms with E-state index >= 15 is 0 Å². The van der Waals surface area contributed by atoms with Crippen molar-refractivity contribution in [1.82, 2.24) is 0 Å². The summed E-state index contributed by atoms with van der Waals surface area (Å²) >= 11 is 0. The molecule has 1 heterocycles. The van der Waals surface area contributed by atoms with E-state index in [-0.39, 0.29) is 11.0 Å². The molecule has 4 nitrogen and oxygen atoms in total. The Morgan fingerprint density at radius 1 is 1.36 bits per heavy atom. The molecule has 2 bridgehead atoms. The van der Waals surface area contributed by atoms with Crippen molar-refractivity contribution in [3.63, 3.8) is 0 Å². The van der Waals surface area contributed by atoms with E-state index in [1.807, 2.05) is 6.08 Å². The Labute approximate surface area is 152 Å². The van der Waals surface area contributed by atoms with Gasteiger partial charge < -0.3 is 18.9 Å². The predicted molar refractivity (Wildman–Crippen MR) is 98.0 cm³/mol. The van der Waals surface area contributed by atoms with Crippen molar-refractivity contribution >= 4 is 0 Å². The summed E-state index contributed by atoms with van der Waals surface area (Å²) in [6.45, 7) is 13.1. The van der Waals surface area contributed by atoms with Crippen molar-refractivity contribution < 1.29 is 18.9 Å². The Hall–Kier alpha value is -0.840. The molecule has 0 spiro atoms. The van der Waals surface area contributed by atoms with Gasteiger partial charge in [-0.25, -0.2) is 0 Å².